The topological polar surface area (TPSA) is 59.3 Å². The van der Waals surface area contributed by atoms with Crippen molar-refractivity contribution in [2.24, 2.45) is 12.5 Å². The lowest BCUT2D eigenvalue weighted by molar-refractivity contribution is 0.0904. The number of fused-ring (bicyclic) bond motifs is 1. The van der Waals surface area contributed by atoms with Crippen molar-refractivity contribution in [1.29, 1.82) is 0 Å². The fourth-order valence-electron chi connectivity index (χ4n) is 2.90. The van der Waals surface area contributed by atoms with E-state index in [1.807, 2.05) is 27.7 Å². The molecule has 1 heterocycles. The second-order valence-electron chi connectivity index (χ2n) is 6.54. The van der Waals surface area contributed by atoms with Gasteiger partial charge in [0.15, 0.2) is 5.78 Å². The van der Waals surface area contributed by atoms with Crippen LogP contribution in [0.25, 0.3) is 0 Å². The summed E-state index contributed by atoms with van der Waals surface area (Å²) >= 11 is 0. The average Bonchev–Trinajstić information content (AvgIpc) is 2.23. The second kappa shape index (κ2) is 4.22. The lowest BCUT2D eigenvalue weighted by Gasteiger charge is -2.32. The van der Waals surface area contributed by atoms with E-state index in [1.54, 1.807) is 7.05 Å². The van der Waals surface area contributed by atoms with Crippen molar-refractivity contribution in [3.05, 3.63) is 27.2 Å². The Balaban J connectivity index is 2.82. The highest BCUT2D eigenvalue weighted by Crippen LogP contribution is 2.39. The number of hydrogen-bond donors (Lipinski definition) is 1. The standard InChI is InChI=1S/C15H21NO3/c1-8(2)11-13(18)12-9(16(5)14(11)19)6-15(3,4)7-10(12)17/h8,18H,6-7H2,1-5H3. The number of hydrogen-bond acceptors (Lipinski definition) is 3. The molecule has 19 heavy (non-hydrogen) atoms. The molecule has 1 aliphatic rings. The SMILES string of the molecule is CC(C)c1c(O)c2c(n(C)c1=O)CC(C)(C)CC2=O. The molecule has 4 nitrogen and oxygen atoms in total. The number of carbonyl (C=O) groups excluding carboxylic acids is 1. The predicted molar refractivity (Wildman–Crippen MR) is 73.9 cm³/mol. The summed E-state index contributed by atoms with van der Waals surface area (Å²) in [6.45, 7) is 7.71. The number of aromatic hydroxyl groups is 1. The highest BCUT2D eigenvalue weighted by molar-refractivity contribution is 6.01. The van der Waals surface area contributed by atoms with E-state index in [9.17, 15) is 14.7 Å². The molecule has 1 aliphatic carbocycles. The van der Waals surface area contributed by atoms with Gasteiger partial charge in [0.1, 0.15) is 5.75 Å². The van der Waals surface area contributed by atoms with E-state index in [-0.39, 0.29) is 28.4 Å². The normalized spacial score (nSPS) is 17.7. The number of ketones is 1. The van der Waals surface area contributed by atoms with Gasteiger partial charge in [-0.25, -0.2) is 0 Å². The fraction of sp³-hybridized carbons (Fsp3) is 0.600. The van der Waals surface area contributed by atoms with E-state index in [0.717, 1.165) is 0 Å². The van der Waals surface area contributed by atoms with Crippen LogP contribution >= 0.6 is 0 Å². The Hall–Kier alpha value is -1.58. The Morgan fingerprint density at radius 3 is 2.32 bits per heavy atom. The summed E-state index contributed by atoms with van der Waals surface area (Å²) in [5.74, 6) is -0.276. The monoisotopic (exact) mass is 263 g/mol. The molecule has 0 saturated heterocycles. The minimum Gasteiger partial charge on any atom is -0.507 e. The molecular weight excluding hydrogens is 242 g/mol. The molecule has 1 N–H and O–H groups in total. The summed E-state index contributed by atoms with van der Waals surface area (Å²) in [4.78, 5) is 24.6. The van der Waals surface area contributed by atoms with Crippen LogP contribution in [0.4, 0.5) is 0 Å². The number of pyridine rings is 1. The zero-order valence-corrected chi connectivity index (χ0v) is 12.2. The first kappa shape index (κ1) is 13.8. The smallest absolute Gasteiger partial charge is 0.257 e. The molecule has 0 radical (unpaired) electrons. The summed E-state index contributed by atoms with van der Waals surface area (Å²) < 4.78 is 1.53. The molecule has 0 unspecified atom stereocenters. The summed E-state index contributed by atoms with van der Waals surface area (Å²) in [7, 11) is 1.68. The van der Waals surface area contributed by atoms with Gasteiger partial charge in [0.2, 0.25) is 0 Å². The van der Waals surface area contributed by atoms with E-state index in [0.29, 0.717) is 29.7 Å². The number of nitrogens with zero attached hydrogens (tertiary/aromatic N) is 1. The van der Waals surface area contributed by atoms with Crippen LogP contribution in [0.15, 0.2) is 4.79 Å². The molecule has 1 aromatic rings. The number of aromatic nitrogens is 1. The molecule has 2 rings (SSSR count). The first-order chi connectivity index (χ1) is 8.65. The first-order valence-electron chi connectivity index (χ1n) is 6.63. The van der Waals surface area contributed by atoms with E-state index < -0.39 is 0 Å². The summed E-state index contributed by atoms with van der Waals surface area (Å²) in [6.07, 6.45) is 1.04. The zero-order valence-electron chi connectivity index (χ0n) is 12.2. The van der Waals surface area contributed by atoms with Crippen molar-refractivity contribution in [2.45, 2.75) is 46.5 Å². The van der Waals surface area contributed by atoms with Crippen LogP contribution in [0.3, 0.4) is 0 Å². The lowest BCUT2D eigenvalue weighted by Crippen LogP contribution is -2.35. The Morgan fingerprint density at radius 2 is 1.79 bits per heavy atom. The van der Waals surface area contributed by atoms with Gasteiger partial charge in [0.05, 0.1) is 11.1 Å². The fourth-order valence-corrected chi connectivity index (χ4v) is 2.90. The van der Waals surface area contributed by atoms with Crippen molar-refractivity contribution < 1.29 is 9.90 Å². The summed E-state index contributed by atoms with van der Waals surface area (Å²) in [6, 6.07) is 0. The molecule has 0 atom stereocenters. The third kappa shape index (κ3) is 2.09. The van der Waals surface area contributed by atoms with Crippen molar-refractivity contribution in [2.75, 3.05) is 0 Å². The van der Waals surface area contributed by atoms with Crippen LogP contribution in [0, 0.1) is 5.41 Å². The molecular formula is C15H21NO3. The maximum atomic E-state index is 12.3. The Bertz CT molecular complexity index is 609. The minimum atomic E-state index is -0.197. The minimum absolute atomic E-state index is 0.0683. The van der Waals surface area contributed by atoms with E-state index >= 15 is 0 Å². The molecule has 0 spiro atoms. The van der Waals surface area contributed by atoms with Gasteiger partial charge in [0.25, 0.3) is 5.56 Å². The van der Waals surface area contributed by atoms with Gasteiger partial charge in [0, 0.05) is 19.2 Å². The van der Waals surface area contributed by atoms with Crippen LogP contribution in [0.1, 0.15) is 61.6 Å². The maximum absolute atomic E-state index is 12.3. The second-order valence-corrected chi connectivity index (χ2v) is 6.54. The van der Waals surface area contributed by atoms with Crippen LogP contribution in [0.5, 0.6) is 5.75 Å². The van der Waals surface area contributed by atoms with Crippen LogP contribution in [-0.2, 0) is 13.5 Å². The Kier molecular flexibility index (Phi) is 3.07. The molecule has 0 aromatic carbocycles. The van der Waals surface area contributed by atoms with Crippen LogP contribution in [-0.4, -0.2) is 15.5 Å². The van der Waals surface area contributed by atoms with Gasteiger partial charge in [-0.3, -0.25) is 9.59 Å². The van der Waals surface area contributed by atoms with Crippen molar-refractivity contribution >= 4 is 5.78 Å². The van der Waals surface area contributed by atoms with E-state index in [1.165, 1.54) is 4.57 Å². The third-order valence-corrected chi connectivity index (χ3v) is 3.86. The van der Waals surface area contributed by atoms with Gasteiger partial charge in [-0.05, 0) is 17.8 Å². The quantitative estimate of drug-likeness (QED) is 0.846. The predicted octanol–water partition coefficient (Wildman–Crippen LogP) is 2.37. The highest BCUT2D eigenvalue weighted by atomic mass is 16.3. The molecule has 0 bridgehead atoms. The highest BCUT2D eigenvalue weighted by Gasteiger charge is 2.36. The van der Waals surface area contributed by atoms with E-state index in [4.69, 9.17) is 0 Å². The van der Waals surface area contributed by atoms with Gasteiger partial charge >= 0.3 is 0 Å². The van der Waals surface area contributed by atoms with Crippen LogP contribution in [0.2, 0.25) is 0 Å². The largest absolute Gasteiger partial charge is 0.507 e. The Morgan fingerprint density at radius 1 is 1.21 bits per heavy atom. The van der Waals surface area contributed by atoms with Gasteiger partial charge < -0.3 is 9.67 Å². The van der Waals surface area contributed by atoms with Crippen molar-refractivity contribution in [3.8, 4) is 5.75 Å². The molecule has 0 aliphatic heterocycles. The Labute approximate surface area is 113 Å². The maximum Gasteiger partial charge on any atom is 0.257 e. The zero-order chi connectivity index (χ0) is 14.5. The average molecular weight is 263 g/mol. The number of Topliss-reactive ketones (excluding diaryl/α,β-unsaturated/α-hetero) is 1. The van der Waals surface area contributed by atoms with Gasteiger partial charge in [-0.15, -0.1) is 0 Å². The van der Waals surface area contributed by atoms with Gasteiger partial charge in [-0.2, -0.15) is 0 Å². The molecule has 0 fully saturated rings. The third-order valence-electron chi connectivity index (χ3n) is 3.86. The number of carbonyl (C=O) groups is 1. The summed E-state index contributed by atoms with van der Waals surface area (Å²) in [5, 5.41) is 10.3. The van der Waals surface area contributed by atoms with E-state index in [2.05, 4.69) is 0 Å². The molecule has 4 heteroatoms. The molecule has 104 valence electrons. The van der Waals surface area contributed by atoms with Crippen molar-refractivity contribution in [1.82, 2.24) is 4.57 Å². The lowest BCUT2D eigenvalue weighted by atomic mass is 9.74. The first-order valence-corrected chi connectivity index (χ1v) is 6.63. The molecule has 0 saturated carbocycles. The molecule has 0 amide bonds. The van der Waals surface area contributed by atoms with Gasteiger partial charge in [-0.1, -0.05) is 27.7 Å². The van der Waals surface area contributed by atoms with Crippen molar-refractivity contribution in [3.63, 3.8) is 0 Å². The number of rotatable bonds is 1. The molecule has 1 aromatic heterocycles. The van der Waals surface area contributed by atoms with Crippen LogP contribution < -0.4 is 5.56 Å². The summed E-state index contributed by atoms with van der Waals surface area (Å²) in [5.41, 5.74) is 0.990.